The van der Waals surface area contributed by atoms with Gasteiger partial charge in [-0.15, -0.1) is 0 Å². The zero-order valence-electron chi connectivity index (χ0n) is 15.2. The second-order valence-corrected chi connectivity index (χ2v) is 6.28. The second kappa shape index (κ2) is 8.26. The fraction of sp³-hybridized carbons (Fsp3) is 0.588. The SMILES string of the molecule is COCCNc1nc2c(c(N(C)Cc3nccn3C)n1)CCNCC2. The highest BCUT2D eigenvalue weighted by Gasteiger charge is 2.20. The molecule has 2 N–H and O–H groups in total. The molecule has 0 fully saturated rings. The third-order valence-electron chi connectivity index (χ3n) is 4.41. The molecule has 0 unspecified atom stereocenters. The quantitative estimate of drug-likeness (QED) is 0.711. The van der Waals surface area contributed by atoms with Crippen LogP contribution in [0.3, 0.4) is 0 Å². The smallest absolute Gasteiger partial charge is 0.224 e. The molecule has 136 valence electrons. The van der Waals surface area contributed by atoms with Gasteiger partial charge in [0, 0.05) is 58.7 Å². The molecule has 8 heteroatoms. The number of hydrogen-bond donors (Lipinski definition) is 2. The van der Waals surface area contributed by atoms with Crippen LogP contribution in [0, 0.1) is 0 Å². The van der Waals surface area contributed by atoms with Crippen LogP contribution in [-0.4, -0.2) is 59.9 Å². The molecule has 0 aliphatic carbocycles. The van der Waals surface area contributed by atoms with Crippen molar-refractivity contribution in [3.05, 3.63) is 29.5 Å². The number of imidazole rings is 1. The van der Waals surface area contributed by atoms with Gasteiger partial charge < -0.3 is 24.8 Å². The first-order chi connectivity index (χ1) is 12.2. The molecule has 0 radical (unpaired) electrons. The van der Waals surface area contributed by atoms with E-state index < -0.39 is 0 Å². The molecule has 3 rings (SSSR count). The van der Waals surface area contributed by atoms with Crippen LogP contribution in [0.4, 0.5) is 11.8 Å². The van der Waals surface area contributed by atoms with E-state index in [1.54, 1.807) is 7.11 Å². The maximum atomic E-state index is 5.11. The highest BCUT2D eigenvalue weighted by Crippen LogP contribution is 2.25. The predicted octanol–water partition coefficient (Wildman–Crippen LogP) is 0.593. The number of fused-ring (bicyclic) bond motifs is 1. The molecule has 0 saturated carbocycles. The third kappa shape index (κ3) is 4.26. The molecular formula is C17H27N7O. The molecule has 25 heavy (non-hydrogen) atoms. The van der Waals surface area contributed by atoms with Gasteiger partial charge in [0.2, 0.25) is 5.95 Å². The van der Waals surface area contributed by atoms with Gasteiger partial charge in [0.15, 0.2) is 0 Å². The van der Waals surface area contributed by atoms with Gasteiger partial charge in [-0.1, -0.05) is 0 Å². The molecule has 0 atom stereocenters. The fourth-order valence-corrected chi connectivity index (χ4v) is 3.02. The molecule has 0 saturated heterocycles. The number of hydrogen-bond acceptors (Lipinski definition) is 7. The minimum absolute atomic E-state index is 0.625. The number of nitrogens with one attached hydrogen (secondary N) is 2. The van der Waals surface area contributed by atoms with Gasteiger partial charge >= 0.3 is 0 Å². The van der Waals surface area contributed by atoms with Crippen LogP contribution in [0.15, 0.2) is 12.4 Å². The topological polar surface area (TPSA) is 80.1 Å². The van der Waals surface area contributed by atoms with E-state index in [-0.39, 0.29) is 0 Å². The largest absolute Gasteiger partial charge is 0.383 e. The summed E-state index contributed by atoms with van der Waals surface area (Å²) in [7, 11) is 5.77. The summed E-state index contributed by atoms with van der Waals surface area (Å²) >= 11 is 0. The van der Waals surface area contributed by atoms with Crippen molar-refractivity contribution in [3.8, 4) is 0 Å². The lowest BCUT2D eigenvalue weighted by molar-refractivity contribution is 0.210. The van der Waals surface area contributed by atoms with E-state index in [4.69, 9.17) is 14.7 Å². The Hall–Kier alpha value is -2.19. The highest BCUT2D eigenvalue weighted by molar-refractivity contribution is 5.53. The van der Waals surface area contributed by atoms with E-state index in [0.29, 0.717) is 25.6 Å². The summed E-state index contributed by atoms with van der Waals surface area (Å²) in [6.45, 7) is 3.93. The van der Waals surface area contributed by atoms with Crippen molar-refractivity contribution in [3.63, 3.8) is 0 Å². The van der Waals surface area contributed by atoms with Crippen LogP contribution in [0.2, 0.25) is 0 Å². The minimum atomic E-state index is 0.625. The fourth-order valence-electron chi connectivity index (χ4n) is 3.02. The van der Waals surface area contributed by atoms with E-state index in [1.165, 1.54) is 5.56 Å². The van der Waals surface area contributed by atoms with Crippen molar-refractivity contribution in [2.24, 2.45) is 7.05 Å². The molecule has 0 bridgehead atoms. The Bertz CT molecular complexity index is 700. The lowest BCUT2D eigenvalue weighted by Crippen LogP contribution is -2.24. The summed E-state index contributed by atoms with van der Waals surface area (Å²) in [5, 5.41) is 6.71. The van der Waals surface area contributed by atoms with Crippen LogP contribution in [0.1, 0.15) is 17.1 Å². The average Bonchev–Trinajstić information content (AvgIpc) is 2.86. The number of nitrogens with zero attached hydrogens (tertiary/aromatic N) is 5. The molecule has 0 amide bonds. The molecule has 1 aliphatic heterocycles. The van der Waals surface area contributed by atoms with Crippen molar-refractivity contribution < 1.29 is 4.74 Å². The van der Waals surface area contributed by atoms with Gasteiger partial charge in [-0.2, -0.15) is 4.98 Å². The number of aromatic nitrogens is 4. The zero-order chi connectivity index (χ0) is 17.6. The third-order valence-corrected chi connectivity index (χ3v) is 4.41. The maximum absolute atomic E-state index is 5.11. The first kappa shape index (κ1) is 17.6. The molecule has 1 aliphatic rings. The van der Waals surface area contributed by atoms with Crippen LogP contribution in [0.25, 0.3) is 0 Å². The summed E-state index contributed by atoms with van der Waals surface area (Å²) < 4.78 is 7.15. The summed E-state index contributed by atoms with van der Waals surface area (Å²) in [6.07, 6.45) is 5.64. The van der Waals surface area contributed by atoms with Gasteiger partial charge in [0.1, 0.15) is 11.6 Å². The zero-order valence-corrected chi connectivity index (χ0v) is 15.2. The Kier molecular flexibility index (Phi) is 5.83. The van der Waals surface area contributed by atoms with Gasteiger partial charge in [0.05, 0.1) is 18.8 Å². The Morgan fingerprint density at radius 3 is 2.92 bits per heavy atom. The Labute approximate surface area is 148 Å². The Morgan fingerprint density at radius 1 is 1.32 bits per heavy atom. The predicted molar refractivity (Wildman–Crippen MR) is 98.0 cm³/mol. The van der Waals surface area contributed by atoms with Gasteiger partial charge in [0.25, 0.3) is 0 Å². The van der Waals surface area contributed by atoms with Crippen molar-refractivity contribution in [2.75, 3.05) is 50.6 Å². The molecule has 0 aromatic carbocycles. The standard InChI is InChI=1S/C17H27N7O/c1-23-10-8-19-15(23)12-24(2)16-13-4-6-18-7-5-14(13)21-17(22-16)20-9-11-25-3/h8,10,18H,4-7,9,11-12H2,1-3H3,(H,20,21,22). The van der Waals surface area contributed by atoms with Crippen LogP contribution in [-0.2, 0) is 31.2 Å². The van der Waals surface area contributed by atoms with Crippen LogP contribution >= 0.6 is 0 Å². The highest BCUT2D eigenvalue weighted by atomic mass is 16.5. The monoisotopic (exact) mass is 345 g/mol. The van der Waals surface area contributed by atoms with E-state index >= 15 is 0 Å². The Morgan fingerprint density at radius 2 is 2.16 bits per heavy atom. The lowest BCUT2D eigenvalue weighted by Gasteiger charge is -2.23. The van der Waals surface area contributed by atoms with E-state index in [0.717, 1.165) is 43.3 Å². The van der Waals surface area contributed by atoms with Gasteiger partial charge in [-0.3, -0.25) is 0 Å². The second-order valence-electron chi connectivity index (χ2n) is 6.28. The number of anilines is 2. The summed E-state index contributed by atoms with van der Waals surface area (Å²) in [6, 6.07) is 0. The maximum Gasteiger partial charge on any atom is 0.224 e. The van der Waals surface area contributed by atoms with E-state index in [2.05, 4.69) is 27.6 Å². The van der Waals surface area contributed by atoms with E-state index in [9.17, 15) is 0 Å². The normalized spacial score (nSPS) is 14.0. The molecule has 8 nitrogen and oxygen atoms in total. The van der Waals surface area contributed by atoms with E-state index in [1.807, 2.05) is 24.0 Å². The molecular weight excluding hydrogens is 318 g/mol. The molecule has 0 spiro atoms. The summed E-state index contributed by atoms with van der Waals surface area (Å²) in [4.78, 5) is 16.1. The van der Waals surface area contributed by atoms with Crippen molar-refractivity contribution >= 4 is 11.8 Å². The Balaban J connectivity index is 1.88. The number of rotatable bonds is 7. The number of ether oxygens (including phenoxy) is 1. The number of methoxy groups -OCH3 is 1. The summed E-state index contributed by atoms with van der Waals surface area (Å²) in [5.74, 6) is 2.66. The van der Waals surface area contributed by atoms with Crippen molar-refractivity contribution in [2.45, 2.75) is 19.4 Å². The van der Waals surface area contributed by atoms with Gasteiger partial charge in [-0.25, -0.2) is 9.97 Å². The van der Waals surface area contributed by atoms with Gasteiger partial charge in [-0.05, 0) is 13.0 Å². The van der Waals surface area contributed by atoms with Crippen molar-refractivity contribution in [1.82, 2.24) is 24.8 Å². The van der Waals surface area contributed by atoms with Crippen molar-refractivity contribution in [1.29, 1.82) is 0 Å². The molecule has 2 aromatic heterocycles. The van der Waals surface area contributed by atoms with Crippen LogP contribution in [0.5, 0.6) is 0 Å². The minimum Gasteiger partial charge on any atom is -0.383 e. The lowest BCUT2D eigenvalue weighted by atomic mass is 10.1. The van der Waals surface area contributed by atoms with Crippen LogP contribution < -0.4 is 15.5 Å². The first-order valence-electron chi connectivity index (χ1n) is 8.69. The first-order valence-corrected chi connectivity index (χ1v) is 8.69. The number of aryl methyl sites for hydroxylation is 1. The molecule has 3 heterocycles. The average molecular weight is 345 g/mol. The molecule has 2 aromatic rings. The summed E-state index contributed by atoms with van der Waals surface area (Å²) in [5.41, 5.74) is 2.36.